The zero-order valence-electron chi connectivity index (χ0n) is 8.26. The van der Waals surface area contributed by atoms with Crippen molar-refractivity contribution in [2.45, 2.75) is 25.4 Å². The summed E-state index contributed by atoms with van der Waals surface area (Å²) in [5.41, 5.74) is 0. The van der Waals surface area contributed by atoms with Gasteiger partial charge in [0, 0.05) is 6.42 Å². The second-order valence-electron chi connectivity index (χ2n) is 3.09. The quantitative estimate of drug-likeness (QED) is 0.765. The molecule has 1 rings (SSSR count). The van der Waals surface area contributed by atoms with E-state index < -0.39 is 12.6 Å². The van der Waals surface area contributed by atoms with E-state index in [9.17, 15) is 13.2 Å². The van der Waals surface area contributed by atoms with E-state index in [1.54, 1.807) is 7.05 Å². The molecule has 15 heavy (non-hydrogen) atoms. The highest BCUT2D eigenvalue weighted by atomic mass is 19.4. The van der Waals surface area contributed by atoms with Crippen LogP contribution in [-0.2, 0) is 12.8 Å². The first-order valence-electron chi connectivity index (χ1n) is 4.54. The summed E-state index contributed by atoms with van der Waals surface area (Å²) >= 11 is 0. The normalized spacial score (nSPS) is 12.0. The smallest absolute Gasteiger partial charge is 0.397 e. The molecule has 0 fully saturated rings. The molecule has 1 aromatic heterocycles. The van der Waals surface area contributed by atoms with Gasteiger partial charge in [0.1, 0.15) is 6.42 Å². The average Bonchev–Trinajstić information content (AvgIpc) is 2.50. The zero-order chi connectivity index (χ0) is 11.3. The first-order chi connectivity index (χ1) is 7.01. The van der Waals surface area contributed by atoms with Crippen molar-refractivity contribution < 1.29 is 17.6 Å². The van der Waals surface area contributed by atoms with Crippen LogP contribution in [0.1, 0.15) is 18.2 Å². The highest BCUT2D eigenvalue weighted by Crippen LogP contribution is 2.20. The molecule has 0 aliphatic heterocycles. The van der Waals surface area contributed by atoms with E-state index in [-0.39, 0.29) is 11.8 Å². The predicted molar refractivity (Wildman–Crippen MR) is 46.3 cm³/mol. The lowest BCUT2D eigenvalue weighted by atomic mass is 10.3. The lowest BCUT2D eigenvalue weighted by molar-refractivity contribution is -0.130. The second-order valence-corrected chi connectivity index (χ2v) is 3.09. The van der Waals surface area contributed by atoms with Crippen molar-refractivity contribution in [2.75, 3.05) is 13.6 Å². The Morgan fingerprint density at radius 2 is 1.93 bits per heavy atom. The molecular weight excluding hydrogens is 211 g/mol. The summed E-state index contributed by atoms with van der Waals surface area (Å²) in [6, 6.07) is 0. The van der Waals surface area contributed by atoms with Crippen LogP contribution in [0, 0.1) is 0 Å². The summed E-state index contributed by atoms with van der Waals surface area (Å²) in [5, 5.41) is 9.76. The first kappa shape index (κ1) is 12.0. The van der Waals surface area contributed by atoms with Gasteiger partial charge < -0.3 is 9.73 Å². The molecule has 0 saturated heterocycles. The Bertz CT molecular complexity index is 298. The van der Waals surface area contributed by atoms with Gasteiger partial charge in [0.2, 0.25) is 11.8 Å². The third-order valence-corrected chi connectivity index (χ3v) is 1.68. The van der Waals surface area contributed by atoms with Crippen molar-refractivity contribution in [3.63, 3.8) is 0 Å². The van der Waals surface area contributed by atoms with Crippen molar-refractivity contribution >= 4 is 0 Å². The molecule has 4 nitrogen and oxygen atoms in total. The summed E-state index contributed by atoms with van der Waals surface area (Å²) in [4.78, 5) is 0. The maximum Gasteiger partial charge on any atom is 0.397 e. The number of hydrogen-bond donors (Lipinski definition) is 1. The molecule has 1 aromatic rings. The van der Waals surface area contributed by atoms with Gasteiger partial charge in [0.05, 0.1) is 0 Å². The molecule has 0 saturated carbocycles. The number of alkyl halides is 3. The minimum Gasteiger partial charge on any atom is -0.425 e. The Labute approximate surface area is 84.9 Å². The van der Waals surface area contributed by atoms with Crippen molar-refractivity contribution in [3.8, 4) is 0 Å². The summed E-state index contributed by atoms with van der Waals surface area (Å²) in [6.45, 7) is 0.761. The molecule has 0 unspecified atom stereocenters. The molecule has 0 atom stereocenters. The van der Waals surface area contributed by atoms with E-state index in [1.165, 1.54) is 0 Å². The lowest BCUT2D eigenvalue weighted by Crippen LogP contribution is -2.11. The van der Waals surface area contributed by atoms with E-state index in [2.05, 4.69) is 15.5 Å². The summed E-state index contributed by atoms with van der Waals surface area (Å²) in [7, 11) is 1.79. The number of aryl methyl sites for hydroxylation is 1. The Balaban J connectivity index is 2.42. The lowest BCUT2D eigenvalue weighted by Gasteiger charge is -2.00. The van der Waals surface area contributed by atoms with Gasteiger partial charge in [0.25, 0.3) is 0 Å². The SMILES string of the molecule is CNCCCc1nnc(CC(F)(F)F)o1. The van der Waals surface area contributed by atoms with E-state index in [4.69, 9.17) is 4.42 Å². The minimum atomic E-state index is -4.30. The van der Waals surface area contributed by atoms with Crippen molar-refractivity contribution in [3.05, 3.63) is 11.8 Å². The molecule has 0 radical (unpaired) electrons. The van der Waals surface area contributed by atoms with Gasteiger partial charge in [-0.15, -0.1) is 10.2 Å². The highest BCUT2D eigenvalue weighted by Gasteiger charge is 2.30. The molecule has 0 aliphatic rings. The van der Waals surface area contributed by atoms with E-state index in [0.717, 1.165) is 13.0 Å². The van der Waals surface area contributed by atoms with Gasteiger partial charge in [-0.25, -0.2) is 0 Å². The fourth-order valence-corrected chi connectivity index (χ4v) is 1.05. The molecular formula is C8H12F3N3O. The third kappa shape index (κ3) is 4.78. The number of aromatic nitrogens is 2. The van der Waals surface area contributed by atoms with Crippen LogP contribution in [0.2, 0.25) is 0 Å². The van der Waals surface area contributed by atoms with Gasteiger partial charge in [-0.2, -0.15) is 13.2 Å². The topological polar surface area (TPSA) is 51.0 Å². The maximum atomic E-state index is 11.9. The maximum absolute atomic E-state index is 11.9. The van der Waals surface area contributed by atoms with Gasteiger partial charge >= 0.3 is 6.18 Å². The molecule has 7 heteroatoms. The van der Waals surface area contributed by atoms with Crippen molar-refractivity contribution in [2.24, 2.45) is 0 Å². The Kier molecular flexibility index (Phi) is 4.07. The van der Waals surface area contributed by atoms with Gasteiger partial charge in [0.15, 0.2) is 0 Å². The van der Waals surface area contributed by atoms with Crippen LogP contribution < -0.4 is 5.32 Å². The monoisotopic (exact) mass is 223 g/mol. The van der Waals surface area contributed by atoms with Gasteiger partial charge in [-0.05, 0) is 20.0 Å². The largest absolute Gasteiger partial charge is 0.425 e. The molecule has 0 spiro atoms. The summed E-state index contributed by atoms with van der Waals surface area (Å²) in [5.74, 6) is -0.119. The highest BCUT2D eigenvalue weighted by molar-refractivity contribution is 4.84. The van der Waals surface area contributed by atoms with Crippen molar-refractivity contribution in [1.29, 1.82) is 0 Å². The average molecular weight is 223 g/mol. The van der Waals surface area contributed by atoms with Gasteiger partial charge in [-0.1, -0.05) is 0 Å². The van der Waals surface area contributed by atoms with E-state index >= 15 is 0 Å². The molecule has 1 heterocycles. The molecule has 0 bridgehead atoms. The fraction of sp³-hybridized carbons (Fsp3) is 0.750. The van der Waals surface area contributed by atoms with Crippen LogP contribution >= 0.6 is 0 Å². The predicted octanol–water partition coefficient (Wildman–Crippen LogP) is 1.33. The Hall–Kier alpha value is -1.11. The zero-order valence-corrected chi connectivity index (χ0v) is 8.26. The molecule has 0 aromatic carbocycles. The standard InChI is InChI=1S/C8H12F3N3O/c1-12-4-2-3-6-13-14-7(15-6)5-8(9,10)11/h12H,2-5H2,1H3. The van der Waals surface area contributed by atoms with Crippen LogP contribution in [0.5, 0.6) is 0 Å². The van der Waals surface area contributed by atoms with Crippen LogP contribution in [0.3, 0.4) is 0 Å². The summed E-state index contributed by atoms with van der Waals surface area (Å²) in [6.07, 6.45) is -4.21. The molecule has 86 valence electrons. The first-order valence-corrected chi connectivity index (χ1v) is 4.54. The third-order valence-electron chi connectivity index (χ3n) is 1.68. The van der Waals surface area contributed by atoms with Crippen LogP contribution in [0.15, 0.2) is 4.42 Å². The molecule has 0 aliphatic carbocycles. The minimum absolute atomic E-state index is 0.254. The van der Waals surface area contributed by atoms with E-state index in [1.807, 2.05) is 0 Å². The van der Waals surface area contributed by atoms with Crippen LogP contribution in [0.4, 0.5) is 13.2 Å². The van der Waals surface area contributed by atoms with Crippen molar-refractivity contribution in [1.82, 2.24) is 15.5 Å². The number of halogens is 3. The fourth-order valence-electron chi connectivity index (χ4n) is 1.05. The Morgan fingerprint density at radius 1 is 1.27 bits per heavy atom. The number of hydrogen-bond acceptors (Lipinski definition) is 4. The molecule has 0 amide bonds. The van der Waals surface area contributed by atoms with Crippen LogP contribution in [-0.4, -0.2) is 30.0 Å². The Morgan fingerprint density at radius 3 is 2.53 bits per heavy atom. The number of nitrogens with one attached hydrogen (secondary N) is 1. The summed E-state index contributed by atoms with van der Waals surface area (Å²) < 4.78 is 40.6. The molecule has 1 N–H and O–H groups in total. The number of nitrogens with zero attached hydrogens (tertiary/aromatic N) is 2. The van der Waals surface area contributed by atoms with E-state index in [0.29, 0.717) is 6.42 Å². The van der Waals surface area contributed by atoms with Crippen LogP contribution in [0.25, 0.3) is 0 Å². The van der Waals surface area contributed by atoms with Gasteiger partial charge in [-0.3, -0.25) is 0 Å². The second kappa shape index (κ2) is 5.11. The number of rotatable bonds is 5.